The molecule has 0 saturated carbocycles. The van der Waals surface area contributed by atoms with E-state index in [9.17, 15) is 9.59 Å². The summed E-state index contributed by atoms with van der Waals surface area (Å²) in [6.07, 6.45) is 1.71. The number of rotatable bonds is 4. The molecule has 1 aromatic rings. The standard InChI is InChI=1S/C22H34N2O3/c1-21(2,3)20(26)24-13-7-8-17(15-24)19(25)23-14-16-9-11-18(12-10-16)27-22(4,5)6/h9-12,17H,7-8,13-15H2,1-6H3,(H,23,25). The van der Waals surface area contributed by atoms with Gasteiger partial charge in [0.2, 0.25) is 11.8 Å². The molecular formula is C22H34N2O3. The molecule has 27 heavy (non-hydrogen) atoms. The molecule has 1 aliphatic rings. The van der Waals surface area contributed by atoms with Gasteiger partial charge in [0.15, 0.2) is 0 Å². The van der Waals surface area contributed by atoms with Crippen LogP contribution >= 0.6 is 0 Å². The summed E-state index contributed by atoms with van der Waals surface area (Å²) in [5.41, 5.74) is 0.394. The third-order valence-electron chi connectivity index (χ3n) is 4.54. The predicted octanol–water partition coefficient (Wildman–Crippen LogP) is 3.76. The second-order valence-electron chi connectivity index (χ2n) is 9.42. The molecule has 2 amide bonds. The molecule has 0 spiro atoms. The number of likely N-dealkylation sites (tertiary alicyclic amines) is 1. The summed E-state index contributed by atoms with van der Waals surface area (Å²) in [4.78, 5) is 26.9. The summed E-state index contributed by atoms with van der Waals surface area (Å²) in [7, 11) is 0. The molecule has 1 atom stereocenters. The Labute approximate surface area is 163 Å². The average molecular weight is 375 g/mol. The molecule has 1 aliphatic heterocycles. The molecule has 5 nitrogen and oxygen atoms in total. The number of carbonyl (C=O) groups excluding carboxylic acids is 2. The van der Waals surface area contributed by atoms with E-state index in [-0.39, 0.29) is 23.3 Å². The van der Waals surface area contributed by atoms with Gasteiger partial charge in [-0.15, -0.1) is 0 Å². The van der Waals surface area contributed by atoms with Crippen molar-refractivity contribution in [1.82, 2.24) is 10.2 Å². The van der Waals surface area contributed by atoms with Crippen molar-refractivity contribution in [3.05, 3.63) is 29.8 Å². The molecular weight excluding hydrogens is 340 g/mol. The highest BCUT2D eigenvalue weighted by Crippen LogP contribution is 2.24. The fraction of sp³-hybridized carbons (Fsp3) is 0.636. The van der Waals surface area contributed by atoms with E-state index in [2.05, 4.69) is 5.32 Å². The molecule has 0 bridgehead atoms. The molecule has 1 aromatic carbocycles. The number of ether oxygens (including phenoxy) is 1. The van der Waals surface area contributed by atoms with Gasteiger partial charge >= 0.3 is 0 Å². The van der Waals surface area contributed by atoms with E-state index in [0.717, 1.165) is 30.7 Å². The minimum Gasteiger partial charge on any atom is -0.488 e. The highest BCUT2D eigenvalue weighted by atomic mass is 16.5. The lowest BCUT2D eigenvalue weighted by molar-refractivity contribution is -0.142. The van der Waals surface area contributed by atoms with Crippen molar-refractivity contribution in [2.45, 2.75) is 66.5 Å². The Bertz CT molecular complexity index is 654. The van der Waals surface area contributed by atoms with Crippen molar-refractivity contribution in [2.24, 2.45) is 11.3 Å². The van der Waals surface area contributed by atoms with E-state index in [4.69, 9.17) is 4.74 Å². The molecule has 0 aliphatic carbocycles. The average Bonchev–Trinajstić information content (AvgIpc) is 2.58. The summed E-state index contributed by atoms with van der Waals surface area (Å²) < 4.78 is 5.81. The van der Waals surface area contributed by atoms with E-state index in [1.807, 2.05) is 70.7 Å². The van der Waals surface area contributed by atoms with Crippen molar-refractivity contribution in [2.75, 3.05) is 13.1 Å². The van der Waals surface area contributed by atoms with Crippen LogP contribution in [-0.2, 0) is 16.1 Å². The first kappa shape index (κ1) is 21.3. The molecule has 1 fully saturated rings. The monoisotopic (exact) mass is 374 g/mol. The van der Waals surface area contributed by atoms with Crippen molar-refractivity contribution < 1.29 is 14.3 Å². The van der Waals surface area contributed by atoms with Crippen LogP contribution in [0.2, 0.25) is 0 Å². The van der Waals surface area contributed by atoms with E-state index in [1.54, 1.807) is 0 Å². The second kappa shape index (κ2) is 8.32. The van der Waals surface area contributed by atoms with Crippen LogP contribution in [0.5, 0.6) is 5.75 Å². The van der Waals surface area contributed by atoms with Crippen molar-refractivity contribution in [1.29, 1.82) is 0 Å². The Balaban J connectivity index is 1.87. The van der Waals surface area contributed by atoms with Gasteiger partial charge in [-0.2, -0.15) is 0 Å². The Kier molecular flexibility index (Phi) is 6.55. The van der Waals surface area contributed by atoms with Crippen LogP contribution in [0.3, 0.4) is 0 Å². The summed E-state index contributed by atoms with van der Waals surface area (Å²) in [6.45, 7) is 13.6. The van der Waals surface area contributed by atoms with Gasteiger partial charge in [0.25, 0.3) is 0 Å². The number of hydrogen-bond donors (Lipinski definition) is 1. The normalized spacial score (nSPS) is 18.1. The van der Waals surface area contributed by atoms with Gasteiger partial charge in [0.1, 0.15) is 11.4 Å². The molecule has 1 unspecified atom stereocenters. The van der Waals surface area contributed by atoms with Gasteiger partial charge in [-0.05, 0) is 51.3 Å². The van der Waals surface area contributed by atoms with E-state index in [0.29, 0.717) is 13.1 Å². The fourth-order valence-electron chi connectivity index (χ4n) is 3.21. The number of hydrogen-bond acceptors (Lipinski definition) is 3. The zero-order chi connectivity index (χ0) is 20.2. The summed E-state index contributed by atoms with van der Waals surface area (Å²) in [5.74, 6) is 0.834. The SMILES string of the molecule is CC(C)(C)Oc1ccc(CNC(=O)C2CCCN(C(=O)C(C)(C)C)C2)cc1. The highest BCUT2D eigenvalue weighted by molar-refractivity contribution is 5.83. The molecule has 0 aromatic heterocycles. The zero-order valence-corrected chi connectivity index (χ0v) is 17.6. The third kappa shape index (κ3) is 6.56. The first-order chi connectivity index (χ1) is 12.5. The van der Waals surface area contributed by atoms with Crippen LogP contribution in [0.1, 0.15) is 59.9 Å². The molecule has 1 N–H and O–H groups in total. The Hall–Kier alpha value is -2.04. The number of carbonyl (C=O) groups is 2. The molecule has 5 heteroatoms. The Morgan fingerprint density at radius 2 is 1.74 bits per heavy atom. The maximum atomic E-state index is 12.6. The molecule has 2 rings (SSSR count). The largest absolute Gasteiger partial charge is 0.488 e. The van der Waals surface area contributed by atoms with Gasteiger partial charge in [0.05, 0.1) is 5.92 Å². The van der Waals surface area contributed by atoms with Crippen LogP contribution in [0.15, 0.2) is 24.3 Å². The van der Waals surface area contributed by atoms with Crippen molar-refractivity contribution in [3.63, 3.8) is 0 Å². The lowest BCUT2D eigenvalue weighted by Gasteiger charge is -2.35. The number of piperidine rings is 1. The third-order valence-corrected chi connectivity index (χ3v) is 4.54. The summed E-state index contributed by atoms with van der Waals surface area (Å²) in [6, 6.07) is 7.80. The molecule has 0 radical (unpaired) electrons. The topological polar surface area (TPSA) is 58.6 Å². The minimum atomic E-state index is -0.408. The predicted molar refractivity (Wildman–Crippen MR) is 107 cm³/mol. The van der Waals surface area contributed by atoms with Gasteiger partial charge in [0, 0.05) is 25.0 Å². The first-order valence-electron chi connectivity index (χ1n) is 9.81. The lowest BCUT2D eigenvalue weighted by Crippen LogP contribution is -2.48. The maximum absolute atomic E-state index is 12.6. The van der Waals surface area contributed by atoms with Crippen molar-refractivity contribution >= 4 is 11.8 Å². The van der Waals surface area contributed by atoms with Gasteiger partial charge in [-0.1, -0.05) is 32.9 Å². The van der Waals surface area contributed by atoms with Gasteiger partial charge in [-0.3, -0.25) is 9.59 Å². The number of benzene rings is 1. The zero-order valence-electron chi connectivity index (χ0n) is 17.6. The second-order valence-corrected chi connectivity index (χ2v) is 9.42. The van der Waals surface area contributed by atoms with Crippen molar-refractivity contribution in [3.8, 4) is 5.75 Å². The highest BCUT2D eigenvalue weighted by Gasteiger charge is 2.33. The summed E-state index contributed by atoms with van der Waals surface area (Å²) in [5, 5.41) is 3.02. The van der Waals surface area contributed by atoms with Crippen LogP contribution in [-0.4, -0.2) is 35.4 Å². The van der Waals surface area contributed by atoms with E-state index in [1.165, 1.54) is 0 Å². The Morgan fingerprint density at radius 3 is 2.30 bits per heavy atom. The van der Waals surface area contributed by atoms with Crippen LogP contribution in [0.4, 0.5) is 0 Å². The van der Waals surface area contributed by atoms with Crippen LogP contribution in [0.25, 0.3) is 0 Å². The van der Waals surface area contributed by atoms with Crippen LogP contribution < -0.4 is 10.1 Å². The van der Waals surface area contributed by atoms with Gasteiger partial charge in [-0.25, -0.2) is 0 Å². The Morgan fingerprint density at radius 1 is 1.11 bits per heavy atom. The van der Waals surface area contributed by atoms with E-state index < -0.39 is 5.41 Å². The molecule has 1 saturated heterocycles. The minimum absolute atomic E-state index is 0.0245. The smallest absolute Gasteiger partial charge is 0.227 e. The number of amides is 2. The number of nitrogens with one attached hydrogen (secondary N) is 1. The fourth-order valence-corrected chi connectivity index (χ4v) is 3.21. The first-order valence-corrected chi connectivity index (χ1v) is 9.81. The number of nitrogens with zero attached hydrogens (tertiary/aromatic N) is 1. The molecule has 1 heterocycles. The summed E-state index contributed by atoms with van der Waals surface area (Å²) >= 11 is 0. The quantitative estimate of drug-likeness (QED) is 0.873. The lowest BCUT2D eigenvalue weighted by atomic mass is 9.91. The maximum Gasteiger partial charge on any atom is 0.227 e. The van der Waals surface area contributed by atoms with E-state index >= 15 is 0 Å². The van der Waals surface area contributed by atoms with Crippen LogP contribution in [0, 0.1) is 11.3 Å². The molecule has 150 valence electrons. The van der Waals surface area contributed by atoms with Gasteiger partial charge < -0.3 is 15.0 Å².